The van der Waals surface area contributed by atoms with Gasteiger partial charge >= 0.3 is 0 Å². The largest absolute Gasteiger partial charge is 0.391 e. The fourth-order valence-corrected chi connectivity index (χ4v) is 1.05. The summed E-state index contributed by atoms with van der Waals surface area (Å²) in [6.45, 7) is 1.63. The van der Waals surface area contributed by atoms with Crippen molar-refractivity contribution in [3.05, 3.63) is 0 Å². The maximum Gasteiger partial charge on any atom is 0.112 e. The van der Waals surface area contributed by atoms with E-state index in [2.05, 4.69) is 0 Å². The molecule has 1 aliphatic heterocycles. The van der Waals surface area contributed by atoms with E-state index in [4.69, 9.17) is 20.1 Å². The summed E-state index contributed by atoms with van der Waals surface area (Å²) >= 11 is 0. The van der Waals surface area contributed by atoms with Crippen molar-refractivity contribution in [2.24, 2.45) is 0 Å². The van der Waals surface area contributed by atoms with Crippen LogP contribution >= 0.6 is 0 Å². The molecule has 1 unspecified atom stereocenters. The van der Waals surface area contributed by atoms with Crippen LogP contribution in [0.2, 0.25) is 0 Å². The van der Waals surface area contributed by atoms with Crippen molar-refractivity contribution in [3.63, 3.8) is 0 Å². The molecule has 0 spiro atoms. The molecule has 4 atom stereocenters. The minimum Gasteiger partial charge on any atom is -0.391 e. The second-order valence-electron chi connectivity index (χ2n) is 2.60. The highest BCUT2D eigenvalue weighted by Gasteiger charge is 2.37. The summed E-state index contributed by atoms with van der Waals surface area (Å²) in [5.74, 6) is 0. The van der Waals surface area contributed by atoms with Gasteiger partial charge in [0.1, 0.15) is 18.3 Å². The van der Waals surface area contributed by atoms with Crippen molar-refractivity contribution in [2.75, 3.05) is 6.61 Å². The van der Waals surface area contributed by atoms with Crippen LogP contribution in [0.4, 0.5) is 0 Å². The predicted molar refractivity (Wildman–Crippen MR) is 33.4 cm³/mol. The Balaban J connectivity index is 2.49. The highest BCUT2D eigenvalue weighted by Crippen LogP contribution is 2.16. The molecule has 1 heterocycles. The molecule has 0 saturated carbocycles. The van der Waals surface area contributed by atoms with Crippen LogP contribution in [-0.4, -0.2) is 46.3 Å². The highest BCUT2D eigenvalue weighted by atomic mass is 16.5. The molecule has 0 radical (unpaired) electrons. The van der Waals surface area contributed by atoms with E-state index in [9.17, 15) is 0 Å². The van der Waals surface area contributed by atoms with E-state index in [-0.39, 0.29) is 6.61 Å². The third-order valence-corrected chi connectivity index (χ3v) is 1.67. The third kappa shape index (κ3) is 1.29. The average Bonchev–Trinajstić information content (AvgIpc) is 2.14. The summed E-state index contributed by atoms with van der Waals surface area (Å²) < 4.78 is 4.89. The van der Waals surface area contributed by atoms with Gasteiger partial charge in [0.05, 0.1) is 12.7 Å². The van der Waals surface area contributed by atoms with E-state index < -0.39 is 24.4 Å². The standard InChI is InChI=1S/C6H12O4/c1-3(7)6-5(9)4(8)2-10-6/h3-9H,2H2,1H3/t3-,4?,5-,6-/m1/s1. The van der Waals surface area contributed by atoms with Crippen LogP contribution in [-0.2, 0) is 4.74 Å². The van der Waals surface area contributed by atoms with E-state index in [1.54, 1.807) is 0 Å². The SMILES string of the molecule is C[C@@H](O)[C@H]1OCC(O)[C@H]1O. The smallest absolute Gasteiger partial charge is 0.112 e. The molecular weight excluding hydrogens is 136 g/mol. The Kier molecular flexibility index (Phi) is 2.25. The second kappa shape index (κ2) is 2.84. The minimum absolute atomic E-state index is 0.108. The van der Waals surface area contributed by atoms with Gasteiger partial charge in [-0.2, -0.15) is 0 Å². The monoisotopic (exact) mass is 148 g/mol. The number of aliphatic hydroxyl groups is 3. The molecule has 1 rings (SSSR count). The van der Waals surface area contributed by atoms with Crippen molar-refractivity contribution in [2.45, 2.75) is 31.3 Å². The molecule has 0 aromatic heterocycles. The molecule has 0 aromatic rings. The van der Waals surface area contributed by atoms with E-state index in [0.717, 1.165) is 0 Å². The Morgan fingerprint density at radius 1 is 1.50 bits per heavy atom. The van der Waals surface area contributed by atoms with Crippen LogP contribution < -0.4 is 0 Å². The molecule has 0 aromatic carbocycles. The van der Waals surface area contributed by atoms with Crippen LogP contribution in [0.1, 0.15) is 6.92 Å². The topological polar surface area (TPSA) is 69.9 Å². The number of rotatable bonds is 1. The first-order valence-electron chi connectivity index (χ1n) is 3.28. The first-order valence-corrected chi connectivity index (χ1v) is 3.28. The van der Waals surface area contributed by atoms with Crippen LogP contribution in [0.3, 0.4) is 0 Å². The Morgan fingerprint density at radius 2 is 2.10 bits per heavy atom. The zero-order valence-electron chi connectivity index (χ0n) is 5.77. The van der Waals surface area contributed by atoms with Crippen LogP contribution in [0.15, 0.2) is 0 Å². The van der Waals surface area contributed by atoms with Gasteiger partial charge in [-0.05, 0) is 6.92 Å². The average molecular weight is 148 g/mol. The van der Waals surface area contributed by atoms with Crippen molar-refractivity contribution < 1.29 is 20.1 Å². The molecule has 3 N–H and O–H groups in total. The molecule has 1 fully saturated rings. The van der Waals surface area contributed by atoms with Gasteiger partial charge in [0.15, 0.2) is 0 Å². The van der Waals surface area contributed by atoms with Gasteiger partial charge in [-0.15, -0.1) is 0 Å². The number of hydrogen-bond acceptors (Lipinski definition) is 4. The Bertz CT molecular complexity index is 114. The molecule has 1 saturated heterocycles. The fraction of sp³-hybridized carbons (Fsp3) is 1.00. The van der Waals surface area contributed by atoms with Gasteiger partial charge in [-0.1, -0.05) is 0 Å². The lowest BCUT2D eigenvalue weighted by Gasteiger charge is -2.16. The van der Waals surface area contributed by atoms with Gasteiger partial charge < -0.3 is 20.1 Å². The zero-order valence-corrected chi connectivity index (χ0v) is 5.77. The van der Waals surface area contributed by atoms with E-state index in [1.165, 1.54) is 6.92 Å². The van der Waals surface area contributed by atoms with Crippen molar-refractivity contribution in [1.82, 2.24) is 0 Å². The Morgan fingerprint density at radius 3 is 2.30 bits per heavy atom. The molecule has 0 bridgehead atoms. The van der Waals surface area contributed by atoms with Crippen LogP contribution in [0, 0.1) is 0 Å². The summed E-state index contributed by atoms with van der Waals surface area (Å²) in [7, 11) is 0. The first-order chi connectivity index (χ1) is 4.63. The molecule has 4 heteroatoms. The predicted octanol–water partition coefficient (Wildman–Crippen LogP) is -1.51. The minimum atomic E-state index is -0.944. The lowest BCUT2D eigenvalue weighted by atomic mass is 10.1. The number of ether oxygens (including phenoxy) is 1. The van der Waals surface area contributed by atoms with Crippen LogP contribution in [0.25, 0.3) is 0 Å². The molecule has 10 heavy (non-hydrogen) atoms. The maximum atomic E-state index is 9.09. The molecule has 60 valence electrons. The summed E-state index contributed by atoms with van der Waals surface area (Å²) in [5.41, 5.74) is 0. The normalized spacial score (nSPS) is 43.8. The Labute approximate surface area is 59.1 Å². The van der Waals surface area contributed by atoms with Crippen molar-refractivity contribution in [1.29, 1.82) is 0 Å². The van der Waals surface area contributed by atoms with E-state index >= 15 is 0 Å². The molecular formula is C6H12O4. The van der Waals surface area contributed by atoms with Crippen LogP contribution in [0.5, 0.6) is 0 Å². The summed E-state index contributed by atoms with van der Waals surface area (Å²) in [5, 5.41) is 27.0. The van der Waals surface area contributed by atoms with Gasteiger partial charge in [-0.3, -0.25) is 0 Å². The lowest BCUT2D eigenvalue weighted by molar-refractivity contribution is -0.0429. The maximum absolute atomic E-state index is 9.09. The zero-order chi connectivity index (χ0) is 7.72. The quantitative estimate of drug-likeness (QED) is 0.422. The Hall–Kier alpha value is -0.160. The van der Waals surface area contributed by atoms with E-state index in [1.807, 2.05) is 0 Å². The van der Waals surface area contributed by atoms with Gasteiger partial charge in [0.2, 0.25) is 0 Å². The lowest BCUT2D eigenvalue weighted by Crippen LogP contribution is -2.36. The third-order valence-electron chi connectivity index (χ3n) is 1.67. The summed E-state index contributed by atoms with van der Waals surface area (Å²) in [6, 6.07) is 0. The fourth-order valence-electron chi connectivity index (χ4n) is 1.05. The first kappa shape index (κ1) is 7.94. The summed E-state index contributed by atoms with van der Waals surface area (Å²) in [6.07, 6.45) is -3.15. The van der Waals surface area contributed by atoms with Gasteiger partial charge in [0, 0.05) is 0 Å². The molecule has 0 amide bonds. The second-order valence-corrected chi connectivity index (χ2v) is 2.60. The number of hydrogen-bond donors (Lipinski definition) is 3. The summed E-state index contributed by atoms with van der Waals surface area (Å²) in [4.78, 5) is 0. The van der Waals surface area contributed by atoms with Gasteiger partial charge in [-0.25, -0.2) is 0 Å². The molecule has 1 aliphatic rings. The van der Waals surface area contributed by atoms with E-state index in [0.29, 0.717) is 0 Å². The van der Waals surface area contributed by atoms with Crippen molar-refractivity contribution in [3.8, 4) is 0 Å². The van der Waals surface area contributed by atoms with Crippen molar-refractivity contribution >= 4 is 0 Å². The molecule has 0 aliphatic carbocycles. The van der Waals surface area contributed by atoms with Gasteiger partial charge in [0.25, 0.3) is 0 Å². The number of aliphatic hydroxyl groups excluding tert-OH is 3. The molecule has 4 nitrogen and oxygen atoms in total. The highest BCUT2D eigenvalue weighted by molar-refractivity contribution is 4.85.